The van der Waals surface area contributed by atoms with Gasteiger partial charge in [-0.15, -0.1) is 13.2 Å². The number of hydrogen-bond donors (Lipinski definition) is 0. The Kier molecular flexibility index (Phi) is 6.12. The summed E-state index contributed by atoms with van der Waals surface area (Å²) >= 11 is 0. The van der Waals surface area contributed by atoms with Gasteiger partial charge in [0, 0.05) is 12.2 Å². The maximum absolute atomic E-state index is 5.61. The van der Waals surface area contributed by atoms with Crippen LogP contribution in [-0.4, -0.2) is 13.4 Å². The van der Waals surface area contributed by atoms with Gasteiger partial charge < -0.3 is 9.47 Å². The van der Waals surface area contributed by atoms with Gasteiger partial charge >= 0.3 is 0 Å². The van der Waals surface area contributed by atoms with Crippen LogP contribution < -0.4 is 4.74 Å². The van der Waals surface area contributed by atoms with E-state index in [4.69, 9.17) is 9.47 Å². The lowest BCUT2D eigenvalue weighted by Crippen LogP contribution is -2.05. The first-order valence-electron chi connectivity index (χ1n) is 5.86. The monoisotopic (exact) mass is 232 g/mol. The molecule has 0 aliphatic heterocycles. The molecule has 0 spiro atoms. The van der Waals surface area contributed by atoms with Crippen LogP contribution in [0, 0.1) is 0 Å². The van der Waals surface area contributed by atoms with Gasteiger partial charge in [-0.05, 0) is 31.4 Å². The van der Waals surface area contributed by atoms with Crippen molar-refractivity contribution in [2.45, 2.75) is 19.8 Å². The molecule has 0 aliphatic rings. The van der Waals surface area contributed by atoms with Gasteiger partial charge in [0.15, 0.2) is 6.79 Å². The lowest BCUT2D eigenvalue weighted by molar-refractivity contribution is 0.0219. The third kappa shape index (κ3) is 4.08. The molecule has 0 radical (unpaired) electrons. The minimum Gasteiger partial charge on any atom is -0.467 e. The van der Waals surface area contributed by atoms with Crippen LogP contribution >= 0.6 is 0 Å². The number of allylic oxidation sites excluding steroid dienone is 2. The number of ether oxygens (including phenoxy) is 2. The average molecular weight is 232 g/mol. The fourth-order valence-corrected chi connectivity index (χ4v) is 1.66. The minimum atomic E-state index is 0.290. The first-order valence-corrected chi connectivity index (χ1v) is 5.86. The molecule has 0 atom stereocenters. The SMILES string of the molecule is C=CCc1cccc(OCOCC)c1CC=C. The lowest BCUT2D eigenvalue weighted by atomic mass is 10.0. The van der Waals surface area contributed by atoms with E-state index in [2.05, 4.69) is 19.2 Å². The molecule has 0 heterocycles. The number of hydrogen-bond acceptors (Lipinski definition) is 2. The quantitative estimate of drug-likeness (QED) is 0.388. The molecule has 0 unspecified atom stereocenters. The Labute approximate surface area is 104 Å². The third-order valence-corrected chi connectivity index (χ3v) is 2.44. The molecule has 2 heteroatoms. The minimum absolute atomic E-state index is 0.290. The summed E-state index contributed by atoms with van der Waals surface area (Å²) in [6, 6.07) is 6.05. The Hall–Kier alpha value is -1.54. The highest BCUT2D eigenvalue weighted by atomic mass is 16.7. The molecule has 17 heavy (non-hydrogen) atoms. The molecule has 92 valence electrons. The second kappa shape index (κ2) is 7.69. The number of rotatable bonds is 8. The summed E-state index contributed by atoms with van der Waals surface area (Å²) in [7, 11) is 0. The predicted octanol–water partition coefficient (Wildman–Crippen LogP) is 3.52. The van der Waals surface area contributed by atoms with E-state index in [1.165, 1.54) is 11.1 Å². The van der Waals surface area contributed by atoms with Gasteiger partial charge in [0.05, 0.1) is 0 Å². The molecular formula is C15H20O2. The zero-order chi connectivity index (χ0) is 12.5. The highest BCUT2D eigenvalue weighted by Crippen LogP contribution is 2.24. The maximum Gasteiger partial charge on any atom is 0.189 e. The van der Waals surface area contributed by atoms with Crippen molar-refractivity contribution >= 4 is 0 Å². The second-order valence-corrected chi connectivity index (χ2v) is 3.63. The summed E-state index contributed by atoms with van der Waals surface area (Å²) in [6.45, 7) is 10.4. The molecule has 1 aromatic rings. The Morgan fingerprint density at radius 2 is 1.94 bits per heavy atom. The van der Waals surface area contributed by atoms with Crippen molar-refractivity contribution in [2.24, 2.45) is 0 Å². The lowest BCUT2D eigenvalue weighted by Gasteiger charge is -2.13. The fraction of sp³-hybridized carbons (Fsp3) is 0.333. The van der Waals surface area contributed by atoms with Crippen LogP contribution in [0.1, 0.15) is 18.1 Å². The highest BCUT2D eigenvalue weighted by Gasteiger charge is 2.07. The van der Waals surface area contributed by atoms with Crippen LogP contribution in [0.15, 0.2) is 43.5 Å². The van der Waals surface area contributed by atoms with E-state index in [1.807, 2.05) is 31.2 Å². The van der Waals surface area contributed by atoms with Crippen molar-refractivity contribution in [1.82, 2.24) is 0 Å². The van der Waals surface area contributed by atoms with E-state index < -0.39 is 0 Å². The van der Waals surface area contributed by atoms with Crippen molar-refractivity contribution in [3.05, 3.63) is 54.6 Å². The summed E-state index contributed by atoms with van der Waals surface area (Å²) in [5, 5.41) is 0. The van der Waals surface area contributed by atoms with E-state index in [-0.39, 0.29) is 6.79 Å². The molecule has 1 rings (SSSR count). The first kappa shape index (κ1) is 13.5. The number of benzene rings is 1. The molecule has 0 fully saturated rings. The summed E-state index contributed by atoms with van der Waals surface area (Å²) in [4.78, 5) is 0. The van der Waals surface area contributed by atoms with Crippen LogP contribution in [0.5, 0.6) is 5.75 Å². The maximum atomic E-state index is 5.61. The van der Waals surface area contributed by atoms with Crippen LogP contribution in [0.3, 0.4) is 0 Å². The second-order valence-electron chi connectivity index (χ2n) is 3.63. The normalized spacial score (nSPS) is 9.94. The van der Waals surface area contributed by atoms with Crippen LogP contribution in [0.2, 0.25) is 0 Å². The molecule has 0 amide bonds. The van der Waals surface area contributed by atoms with Crippen LogP contribution in [-0.2, 0) is 17.6 Å². The molecule has 2 nitrogen and oxygen atoms in total. The first-order chi connectivity index (χ1) is 8.33. The van der Waals surface area contributed by atoms with Gasteiger partial charge in [0.2, 0.25) is 0 Å². The molecular weight excluding hydrogens is 212 g/mol. The zero-order valence-corrected chi connectivity index (χ0v) is 10.4. The van der Waals surface area contributed by atoms with Crippen LogP contribution in [0.4, 0.5) is 0 Å². The average Bonchev–Trinajstić information content (AvgIpc) is 2.33. The van der Waals surface area contributed by atoms with E-state index in [9.17, 15) is 0 Å². The zero-order valence-electron chi connectivity index (χ0n) is 10.4. The van der Waals surface area contributed by atoms with E-state index in [0.717, 1.165) is 18.6 Å². The Morgan fingerprint density at radius 1 is 1.18 bits per heavy atom. The molecule has 1 aromatic carbocycles. The summed E-state index contributed by atoms with van der Waals surface area (Å²) in [5.74, 6) is 0.873. The largest absolute Gasteiger partial charge is 0.467 e. The van der Waals surface area contributed by atoms with E-state index in [1.54, 1.807) is 0 Å². The fourth-order valence-electron chi connectivity index (χ4n) is 1.66. The molecule has 0 saturated heterocycles. The topological polar surface area (TPSA) is 18.5 Å². The van der Waals surface area contributed by atoms with Crippen molar-refractivity contribution in [3.63, 3.8) is 0 Å². The molecule has 0 bridgehead atoms. The van der Waals surface area contributed by atoms with Gasteiger partial charge in [-0.1, -0.05) is 24.3 Å². The Bertz CT molecular complexity index is 369. The summed E-state index contributed by atoms with van der Waals surface area (Å²) < 4.78 is 10.8. The molecule has 0 aliphatic carbocycles. The molecule has 0 aromatic heterocycles. The molecule has 0 N–H and O–H groups in total. The summed E-state index contributed by atoms with van der Waals surface area (Å²) in [5.41, 5.74) is 2.40. The Morgan fingerprint density at radius 3 is 2.59 bits per heavy atom. The van der Waals surface area contributed by atoms with Crippen molar-refractivity contribution in [3.8, 4) is 5.75 Å². The van der Waals surface area contributed by atoms with Gasteiger partial charge in [-0.3, -0.25) is 0 Å². The van der Waals surface area contributed by atoms with Crippen LogP contribution in [0.25, 0.3) is 0 Å². The standard InChI is InChI=1S/C15H20O2/c1-4-8-13-10-7-11-15(14(13)9-5-2)17-12-16-6-3/h4-5,7,10-11H,1-2,6,8-9,12H2,3H3. The summed E-state index contributed by atoms with van der Waals surface area (Å²) in [6.07, 6.45) is 5.42. The van der Waals surface area contributed by atoms with Gasteiger partial charge in [-0.2, -0.15) is 0 Å². The third-order valence-electron chi connectivity index (χ3n) is 2.44. The van der Waals surface area contributed by atoms with Gasteiger partial charge in [0.25, 0.3) is 0 Å². The Balaban J connectivity index is 2.88. The highest BCUT2D eigenvalue weighted by molar-refractivity contribution is 5.42. The van der Waals surface area contributed by atoms with E-state index in [0.29, 0.717) is 6.61 Å². The van der Waals surface area contributed by atoms with Crippen molar-refractivity contribution in [2.75, 3.05) is 13.4 Å². The smallest absolute Gasteiger partial charge is 0.189 e. The molecule has 0 saturated carbocycles. The van der Waals surface area contributed by atoms with E-state index >= 15 is 0 Å². The van der Waals surface area contributed by atoms with Crippen molar-refractivity contribution in [1.29, 1.82) is 0 Å². The van der Waals surface area contributed by atoms with Crippen molar-refractivity contribution < 1.29 is 9.47 Å². The predicted molar refractivity (Wildman–Crippen MR) is 71.4 cm³/mol. The van der Waals surface area contributed by atoms with Gasteiger partial charge in [-0.25, -0.2) is 0 Å². The van der Waals surface area contributed by atoms with Gasteiger partial charge in [0.1, 0.15) is 5.75 Å².